The summed E-state index contributed by atoms with van der Waals surface area (Å²) in [5.41, 5.74) is 1.20. The summed E-state index contributed by atoms with van der Waals surface area (Å²) in [7, 11) is 0. The lowest BCUT2D eigenvalue weighted by atomic mass is 9.67. The van der Waals surface area contributed by atoms with Crippen molar-refractivity contribution in [2.45, 2.75) is 65.8 Å². The Kier molecular flexibility index (Phi) is 12.8. The summed E-state index contributed by atoms with van der Waals surface area (Å²) in [4.78, 5) is 14.9. The Morgan fingerprint density at radius 1 is 1.21 bits per heavy atom. The normalized spacial score (nSPS) is 22.5. The maximum atomic E-state index is 12.4. The first kappa shape index (κ1) is 24.6. The maximum Gasteiger partial charge on any atom is 0.310 e. The van der Waals surface area contributed by atoms with Crippen LogP contribution in [0.15, 0.2) is 36.5 Å². The number of allylic oxidation sites excluding steroid dienone is 4. The average Bonchev–Trinajstić information content (AvgIpc) is 2.66. The van der Waals surface area contributed by atoms with E-state index in [4.69, 9.17) is 9.47 Å². The fourth-order valence-corrected chi connectivity index (χ4v) is 3.96. The highest BCUT2D eigenvalue weighted by molar-refractivity contribution is 5.74. The Labute approximate surface area is 172 Å². The van der Waals surface area contributed by atoms with Crippen molar-refractivity contribution in [1.82, 2.24) is 4.90 Å². The molecule has 4 nitrogen and oxygen atoms in total. The monoisotopic (exact) mass is 391 g/mol. The number of esters is 1. The van der Waals surface area contributed by atoms with E-state index in [1.165, 1.54) is 24.8 Å². The summed E-state index contributed by atoms with van der Waals surface area (Å²) >= 11 is 0. The SMILES string of the molecule is C=C/C=C\C=C(/C)COCCC1CC(C(=O)OCC)C1N(CC)CCCCC. The second-order valence-electron chi connectivity index (χ2n) is 7.66. The molecule has 0 bridgehead atoms. The Morgan fingerprint density at radius 2 is 2.00 bits per heavy atom. The zero-order valence-corrected chi connectivity index (χ0v) is 18.5. The van der Waals surface area contributed by atoms with Crippen LogP contribution in [0.4, 0.5) is 0 Å². The topological polar surface area (TPSA) is 38.8 Å². The van der Waals surface area contributed by atoms with E-state index in [0.717, 1.165) is 32.5 Å². The van der Waals surface area contributed by atoms with Crippen molar-refractivity contribution in [2.24, 2.45) is 11.8 Å². The molecule has 0 aromatic rings. The predicted octanol–water partition coefficient (Wildman–Crippen LogP) is 5.16. The summed E-state index contributed by atoms with van der Waals surface area (Å²) in [6, 6.07) is 0.302. The molecule has 1 saturated carbocycles. The van der Waals surface area contributed by atoms with E-state index in [1.54, 1.807) is 6.08 Å². The predicted molar refractivity (Wildman–Crippen MR) is 117 cm³/mol. The van der Waals surface area contributed by atoms with Crippen LogP contribution in [-0.4, -0.2) is 49.8 Å². The lowest BCUT2D eigenvalue weighted by Crippen LogP contribution is -2.57. The number of hydrogen-bond acceptors (Lipinski definition) is 4. The van der Waals surface area contributed by atoms with Crippen LogP contribution in [0.25, 0.3) is 0 Å². The molecule has 0 spiro atoms. The van der Waals surface area contributed by atoms with Crippen LogP contribution >= 0.6 is 0 Å². The molecule has 0 aromatic carbocycles. The molecule has 0 radical (unpaired) electrons. The number of unbranched alkanes of at least 4 members (excludes halogenated alkanes) is 2. The van der Waals surface area contributed by atoms with E-state index >= 15 is 0 Å². The van der Waals surface area contributed by atoms with Crippen molar-refractivity contribution in [3.8, 4) is 0 Å². The molecular weight excluding hydrogens is 350 g/mol. The third-order valence-electron chi connectivity index (χ3n) is 5.51. The van der Waals surface area contributed by atoms with Crippen molar-refractivity contribution < 1.29 is 14.3 Å². The lowest BCUT2D eigenvalue weighted by Gasteiger charge is -2.49. The number of rotatable bonds is 15. The van der Waals surface area contributed by atoms with Crippen LogP contribution in [0.1, 0.15) is 59.8 Å². The summed E-state index contributed by atoms with van der Waals surface area (Å²) in [5, 5.41) is 0. The van der Waals surface area contributed by atoms with Crippen molar-refractivity contribution in [1.29, 1.82) is 0 Å². The molecule has 3 unspecified atom stereocenters. The minimum atomic E-state index is -0.0219. The smallest absolute Gasteiger partial charge is 0.310 e. The van der Waals surface area contributed by atoms with Gasteiger partial charge >= 0.3 is 5.97 Å². The highest BCUT2D eigenvalue weighted by Crippen LogP contribution is 2.41. The van der Waals surface area contributed by atoms with E-state index in [2.05, 4.69) is 38.3 Å². The summed E-state index contributed by atoms with van der Waals surface area (Å²) in [5.74, 6) is 0.518. The first-order valence-corrected chi connectivity index (χ1v) is 11.0. The van der Waals surface area contributed by atoms with Gasteiger partial charge in [0.05, 0.1) is 19.1 Å². The molecule has 1 aliphatic carbocycles. The zero-order valence-electron chi connectivity index (χ0n) is 18.5. The first-order chi connectivity index (χ1) is 13.6. The third-order valence-corrected chi connectivity index (χ3v) is 5.51. The molecule has 160 valence electrons. The third kappa shape index (κ3) is 8.32. The molecule has 0 aliphatic heterocycles. The van der Waals surface area contributed by atoms with Crippen molar-refractivity contribution >= 4 is 5.97 Å². The standard InChI is InChI=1S/C24H41NO3/c1-6-10-12-14-20(5)19-27-17-15-21-18-22(24(26)28-9-4)23(21)25(8-3)16-13-11-7-2/h6,10,12,14,21-23H,1,7-9,11,13,15-19H2,2-5H3/b12-10-,20-14+. The van der Waals surface area contributed by atoms with Gasteiger partial charge in [-0.05, 0) is 57.7 Å². The second-order valence-corrected chi connectivity index (χ2v) is 7.66. The summed E-state index contributed by atoms with van der Waals surface area (Å²) < 4.78 is 11.2. The van der Waals surface area contributed by atoms with E-state index in [-0.39, 0.29) is 11.9 Å². The van der Waals surface area contributed by atoms with Gasteiger partial charge in [-0.3, -0.25) is 9.69 Å². The molecule has 0 heterocycles. The average molecular weight is 392 g/mol. The van der Waals surface area contributed by atoms with Gasteiger partial charge in [0.2, 0.25) is 0 Å². The summed E-state index contributed by atoms with van der Waals surface area (Å²) in [6.07, 6.45) is 13.3. The highest BCUT2D eigenvalue weighted by Gasteiger charge is 2.48. The van der Waals surface area contributed by atoms with Crippen LogP contribution in [0.5, 0.6) is 0 Å². The minimum Gasteiger partial charge on any atom is -0.466 e. The van der Waals surface area contributed by atoms with Crippen LogP contribution < -0.4 is 0 Å². The molecule has 0 aromatic heterocycles. The maximum absolute atomic E-state index is 12.4. The Bertz CT molecular complexity index is 512. The zero-order chi connectivity index (χ0) is 20.8. The van der Waals surface area contributed by atoms with E-state index < -0.39 is 0 Å². The van der Waals surface area contributed by atoms with Crippen LogP contribution in [0.3, 0.4) is 0 Å². The quantitative estimate of drug-likeness (QED) is 0.219. The molecular formula is C24H41NO3. The van der Waals surface area contributed by atoms with Gasteiger partial charge in [-0.25, -0.2) is 0 Å². The second kappa shape index (κ2) is 14.6. The molecule has 28 heavy (non-hydrogen) atoms. The molecule has 0 amide bonds. The van der Waals surface area contributed by atoms with Crippen molar-refractivity contribution in [3.05, 3.63) is 36.5 Å². The van der Waals surface area contributed by atoms with Gasteiger partial charge in [-0.15, -0.1) is 0 Å². The number of carbonyl (C=O) groups is 1. The molecule has 1 fully saturated rings. The van der Waals surface area contributed by atoms with E-state index in [9.17, 15) is 4.79 Å². The number of hydrogen-bond donors (Lipinski definition) is 0. The Morgan fingerprint density at radius 3 is 2.64 bits per heavy atom. The van der Waals surface area contributed by atoms with E-state index in [0.29, 0.717) is 25.2 Å². The van der Waals surface area contributed by atoms with Gasteiger partial charge in [-0.1, -0.05) is 57.6 Å². The van der Waals surface area contributed by atoms with Gasteiger partial charge in [0.15, 0.2) is 0 Å². The van der Waals surface area contributed by atoms with Crippen LogP contribution in [-0.2, 0) is 14.3 Å². The molecule has 3 atom stereocenters. The number of carbonyl (C=O) groups excluding carboxylic acids is 1. The lowest BCUT2D eigenvalue weighted by molar-refractivity contribution is -0.160. The van der Waals surface area contributed by atoms with E-state index in [1.807, 2.05) is 19.1 Å². The summed E-state index contributed by atoms with van der Waals surface area (Å²) in [6.45, 7) is 15.9. The molecule has 0 N–H and O–H groups in total. The Balaban J connectivity index is 2.55. The van der Waals surface area contributed by atoms with Crippen LogP contribution in [0.2, 0.25) is 0 Å². The van der Waals surface area contributed by atoms with Crippen molar-refractivity contribution in [2.75, 3.05) is 32.9 Å². The largest absolute Gasteiger partial charge is 0.466 e. The minimum absolute atomic E-state index is 0.0219. The number of ether oxygens (including phenoxy) is 2. The molecule has 1 aliphatic rings. The van der Waals surface area contributed by atoms with Crippen LogP contribution in [0, 0.1) is 11.8 Å². The van der Waals surface area contributed by atoms with Crippen molar-refractivity contribution in [3.63, 3.8) is 0 Å². The van der Waals surface area contributed by atoms with Gasteiger partial charge in [0, 0.05) is 12.6 Å². The van der Waals surface area contributed by atoms with Gasteiger partial charge < -0.3 is 9.47 Å². The molecule has 4 heteroatoms. The van der Waals surface area contributed by atoms with Gasteiger partial charge in [-0.2, -0.15) is 0 Å². The fourth-order valence-electron chi connectivity index (χ4n) is 3.96. The van der Waals surface area contributed by atoms with Gasteiger partial charge in [0.25, 0.3) is 0 Å². The fraction of sp³-hybridized carbons (Fsp3) is 0.708. The Hall–Kier alpha value is -1.39. The highest BCUT2D eigenvalue weighted by atomic mass is 16.5. The first-order valence-electron chi connectivity index (χ1n) is 11.0. The molecule has 1 rings (SSSR count). The molecule has 0 saturated heterocycles. The van der Waals surface area contributed by atoms with Gasteiger partial charge in [0.1, 0.15) is 0 Å². The number of nitrogens with zero attached hydrogens (tertiary/aromatic N) is 1.